The third-order valence-corrected chi connectivity index (χ3v) is 3.50. The summed E-state index contributed by atoms with van der Waals surface area (Å²) in [6, 6.07) is 11.7. The Kier molecular flexibility index (Phi) is 4.59. The molecule has 2 aromatic carbocycles. The Morgan fingerprint density at radius 3 is 2.57 bits per heavy atom. The molecule has 3 aromatic rings. The summed E-state index contributed by atoms with van der Waals surface area (Å²) in [7, 11) is 0. The van der Waals surface area contributed by atoms with Gasteiger partial charge < -0.3 is 10.4 Å². The summed E-state index contributed by atoms with van der Waals surface area (Å²) in [4.78, 5) is 8.31. The van der Waals surface area contributed by atoms with Gasteiger partial charge in [0.2, 0.25) is 0 Å². The molecular weight excluding hydrogens is 293 g/mol. The minimum absolute atomic E-state index is 0.226. The van der Waals surface area contributed by atoms with E-state index in [0.29, 0.717) is 13.1 Å². The standard InChI is InChI=1S/C18H16FN3O/c19-16-4-1-13(2-5-16)10-21-11-15-9-14(3-6-18(15)23)17-12-20-7-8-22-17/h1-9,12,21,23H,10-11H2. The molecule has 2 N–H and O–H groups in total. The van der Waals surface area contributed by atoms with Crippen molar-refractivity contribution >= 4 is 0 Å². The van der Waals surface area contributed by atoms with E-state index in [1.807, 2.05) is 12.1 Å². The van der Waals surface area contributed by atoms with Gasteiger partial charge >= 0.3 is 0 Å². The highest BCUT2D eigenvalue weighted by atomic mass is 19.1. The lowest BCUT2D eigenvalue weighted by atomic mass is 10.1. The summed E-state index contributed by atoms with van der Waals surface area (Å²) in [6.07, 6.45) is 4.94. The number of rotatable bonds is 5. The van der Waals surface area contributed by atoms with Gasteiger partial charge in [0, 0.05) is 36.6 Å². The molecule has 0 unspecified atom stereocenters. The van der Waals surface area contributed by atoms with E-state index in [0.717, 1.165) is 22.4 Å². The maximum atomic E-state index is 12.9. The van der Waals surface area contributed by atoms with Crippen LogP contribution in [0.5, 0.6) is 5.75 Å². The van der Waals surface area contributed by atoms with Crippen LogP contribution in [0.3, 0.4) is 0 Å². The van der Waals surface area contributed by atoms with Crippen LogP contribution in [0.2, 0.25) is 0 Å². The van der Waals surface area contributed by atoms with Gasteiger partial charge in [-0.2, -0.15) is 0 Å². The number of halogens is 1. The number of aromatic nitrogens is 2. The quantitative estimate of drug-likeness (QED) is 0.759. The van der Waals surface area contributed by atoms with Crippen molar-refractivity contribution in [2.45, 2.75) is 13.1 Å². The summed E-state index contributed by atoms with van der Waals surface area (Å²) in [5, 5.41) is 13.2. The topological polar surface area (TPSA) is 58.0 Å². The smallest absolute Gasteiger partial charge is 0.123 e. The molecule has 3 rings (SSSR count). The molecule has 1 aromatic heterocycles. The van der Waals surface area contributed by atoms with E-state index in [-0.39, 0.29) is 11.6 Å². The van der Waals surface area contributed by atoms with Crippen molar-refractivity contribution in [1.82, 2.24) is 15.3 Å². The molecule has 0 amide bonds. The number of nitrogens with one attached hydrogen (secondary N) is 1. The lowest BCUT2D eigenvalue weighted by molar-refractivity contribution is 0.464. The van der Waals surface area contributed by atoms with Crippen LogP contribution in [0.4, 0.5) is 4.39 Å². The fraction of sp³-hybridized carbons (Fsp3) is 0.111. The van der Waals surface area contributed by atoms with Crippen molar-refractivity contribution in [3.8, 4) is 17.0 Å². The fourth-order valence-corrected chi connectivity index (χ4v) is 2.28. The highest BCUT2D eigenvalue weighted by molar-refractivity contribution is 5.60. The number of hydrogen-bond acceptors (Lipinski definition) is 4. The Labute approximate surface area is 133 Å². The third-order valence-electron chi connectivity index (χ3n) is 3.50. The van der Waals surface area contributed by atoms with E-state index in [1.165, 1.54) is 12.1 Å². The predicted molar refractivity (Wildman–Crippen MR) is 86.1 cm³/mol. The highest BCUT2D eigenvalue weighted by Crippen LogP contribution is 2.24. The van der Waals surface area contributed by atoms with Gasteiger partial charge in [0.25, 0.3) is 0 Å². The summed E-state index contributed by atoms with van der Waals surface area (Å²) in [5.41, 5.74) is 3.41. The molecule has 1 heterocycles. The van der Waals surface area contributed by atoms with Crippen LogP contribution >= 0.6 is 0 Å². The van der Waals surface area contributed by atoms with Gasteiger partial charge in [-0.25, -0.2) is 4.39 Å². The number of phenolic OH excluding ortho intramolecular Hbond substituents is 1. The van der Waals surface area contributed by atoms with Crippen LogP contribution in [0.15, 0.2) is 61.1 Å². The van der Waals surface area contributed by atoms with Crippen molar-refractivity contribution < 1.29 is 9.50 Å². The van der Waals surface area contributed by atoms with Crippen LogP contribution < -0.4 is 5.32 Å². The Bertz CT molecular complexity index is 776. The summed E-state index contributed by atoms with van der Waals surface area (Å²) in [6.45, 7) is 1.09. The average Bonchev–Trinajstić information content (AvgIpc) is 2.59. The lowest BCUT2D eigenvalue weighted by Crippen LogP contribution is -2.12. The second-order valence-electron chi connectivity index (χ2n) is 5.16. The molecule has 0 spiro atoms. The maximum Gasteiger partial charge on any atom is 0.123 e. The van der Waals surface area contributed by atoms with Crippen molar-refractivity contribution in [3.63, 3.8) is 0 Å². The molecule has 5 heteroatoms. The minimum Gasteiger partial charge on any atom is -0.508 e. The average molecular weight is 309 g/mol. The second-order valence-corrected chi connectivity index (χ2v) is 5.16. The van der Waals surface area contributed by atoms with Crippen LogP contribution in [-0.4, -0.2) is 15.1 Å². The highest BCUT2D eigenvalue weighted by Gasteiger charge is 2.05. The van der Waals surface area contributed by atoms with Crippen LogP contribution in [0, 0.1) is 5.82 Å². The van der Waals surface area contributed by atoms with E-state index in [9.17, 15) is 9.50 Å². The van der Waals surface area contributed by atoms with E-state index in [1.54, 1.807) is 36.8 Å². The van der Waals surface area contributed by atoms with Crippen molar-refractivity contribution in [2.24, 2.45) is 0 Å². The first kappa shape index (κ1) is 15.1. The normalized spacial score (nSPS) is 10.7. The van der Waals surface area contributed by atoms with Gasteiger partial charge in [0.1, 0.15) is 11.6 Å². The molecule has 0 saturated heterocycles. The van der Waals surface area contributed by atoms with Gasteiger partial charge in [-0.1, -0.05) is 12.1 Å². The van der Waals surface area contributed by atoms with Gasteiger partial charge in [-0.15, -0.1) is 0 Å². The van der Waals surface area contributed by atoms with Gasteiger partial charge in [-0.05, 0) is 35.9 Å². The van der Waals surface area contributed by atoms with Crippen molar-refractivity contribution in [3.05, 3.63) is 78.0 Å². The molecule has 0 atom stereocenters. The molecule has 0 aliphatic heterocycles. The van der Waals surface area contributed by atoms with Crippen LogP contribution in [0.25, 0.3) is 11.3 Å². The first-order valence-electron chi connectivity index (χ1n) is 7.26. The van der Waals surface area contributed by atoms with Crippen molar-refractivity contribution in [1.29, 1.82) is 0 Å². The Morgan fingerprint density at radius 2 is 1.83 bits per heavy atom. The molecule has 0 fully saturated rings. The Morgan fingerprint density at radius 1 is 1.00 bits per heavy atom. The van der Waals surface area contributed by atoms with Gasteiger partial charge in [-0.3, -0.25) is 9.97 Å². The molecule has 0 aliphatic rings. The minimum atomic E-state index is -0.247. The monoisotopic (exact) mass is 309 g/mol. The Balaban J connectivity index is 1.69. The summed E-state index contributed by atoms with van der Waals surface area (Å²) >= 11 is 0. The summed E-state index contributed by atoms with van der Waals surface area (Å²) < 4.78 is 12.9. The molecule has 0 aliphatic carbocycles. The molecule has 0 bridgehead atoms. The first-order valence-corrected chi connectivity index (χ1v) is 7.26. The number of nitrogens with zero attached hydrogens (tertiary/aromatic N) is 2. The largest absolute Gasteiger partial charge is 0.508 e. The van der Waals surface area contributed by atoms with Gasteiger partial charge in [0.05, 0.1) is 11.9 Å². The molecule has 23 heavy (non-hydrogen) atoms. The maximum absolute atomic E-state index is 12.9. The van der Waals surface area contributed by atoms with E-state index in [2.05, 4.69) is 15.3 Å². The first-order chi connectivity index (χ1) is 11.2. The predicted octanol–water partition coefficient (Wildman–Crippen LogP) is 3.28. The zero-order valence-electron chi connectivity index (χ0n) is 12.4. The zero-order valence-corrected chi connectivity index (χ0v) is 12.4. The third kappa shape index (κ3) is 3.90. The number of aromatic hydroxyl groups is 1. The van der Waals surface area contributed by atoms with E-state index < -0.39 is 0 Å². The number of benzene rings is 2. The van der Waals surface area contributed by atoms with Gasteiger partial charge in [0.15, 0.2) is 0 Å². The number of hydrogen-bond donors (Lipinski definition) is 2. The van der Waals surface area contributed by atoms with Crippen LogP contribution in [0.1, 0.15) is 11.1 Å². The van der Waals surface area contributed by atoms with Crippen LogP contribution in [-0.2, 0) is 13.1 Å². The fourth-order valence-electron chi connectivity index (χ4n) is 2.28. The SMILES string of the molecule is Oc1ccc(-c2cnccn2)cc1CNCc1ccc(F)cc1. The number of phenols is 1. The summed E-state index contributed by atoms with van der Waals surface area (Å²) in [5.74, 6) is -0.0210. The molecular formula is C18H16FN3O. The second kappa shape index (κ2) is 6.98. The molecule has 116 valence electrons. The molecule has 4 nitrogen and oxygen atoms in total. The van der Waals surface area contributed by atoms with Crippen molar-refractivity contribution in [2.75, 3.05) is 0 Å². The molecule has 0 saturated carbocycles. The lowest BCUT2D eigenvalue weighted by Gasteiger charge is -2.09. The Hall–Kier alpha value is -2.79. The van der Waals surface area contributed by atoms with E-state index >= 15 is 0 Å². The molecule has 0 radical (unpaired) electrons. The zero-order chi connectivity index (χ0) is 16.1. The van der Waals surface area contributed by atoms with E-state index in [4.69, 9.17) is 0 Å².